The van der Waals surface area contributed by atoms with Crippen LogP contribution in [0.2, 0.25) is 0 Å². The van der Waals surface area contributed by atoms with Gasteiger partial charge in [0.15, 0.2) is 0 Å². The van der Waals surface area contributed by atoms with Crippen LogP contribution < -0.4 is 5.32 Å². The van der Waals surface area contributed by atoms with Crippen LogP contribution in [0.4, 0.5) is 4.39 Å². The molecule has 1 aromatic rings. The Hall–Kier alpha value is -0.670. The lowest BCUT2D eigenvalue weighted by Crippen LogP contribution is -2.27. The summed E-state index contributed by atoms with van der Waals surface area (Å²) in [4.78, 5) is 3.75. The molecule has 0 aliphatic carbocycles. The molecular formula is C10H14ClFN2. The van der Waals surface area contributed by atoms with Crippen molar-refractivity contribution in [2.75, 3.05) is 13.1 Å². The highest BCUT2D eigenvalue weighted by Gasteiger charge is 2.17. The number of halogens is 2. The van der Waals surface area contributed by atoms with E-state index in [2.05, 4.69) is 10.3 Å². The minimum Gasteiger partial charge on any atom is -0.317 e. The molecule has 4 heteroatoms. The van der Waals surface area contributed by atoms with Crippen LogP contribution in [0.15, 0.2) is 18.5 Å². The van der Waals surface area contributed by atoms with Crippen molar-refractivity contribution in [1.82, 2.24) is 10.3 Å². The fraction of sp³-hybridized carbons (Fsp3) is 0.500. The highest BCUT2D eigenvalue weighted by molar-refractivity contribution is 5.85. The summed E-state index contributed by atoms with van der Waals surface area (Å²) in [5.74, 6) is 0.221. The number of nitrogens with zero attached hydrogens (tertiary/aromatic N) is 1. The molecular weight excluding hydrogens is 203 g/mol. The minimum absolute atomic E-state index is 0. The van der Waals surface area contributed by atoms with Gasteiger partial charge in [0, 0.05) is 6.20 Å². The lowest BCUT2D eigenvalue weighted by atomic mass is 9.91. The monoisotopic (exact) mass is 216 g/mol. The Balaban J connectivity index is 0.000000980. The second kappa shape index (κ2) is 5.27. The average Bonchev–Trinajstić information content (AvgIpc) is 2.20. The van der Waals surface area contributed by atoms with E-state index in [0.717, 1.165) is 31.5 Å². The van der Waals surface area contributed by atoms with Crippen molar-refractivity contribution in [2.24, 2.45) is 0 Å². The van der Waals surface area contributed by atoms with Crippen LogP contribution in [0.25, 0.3) is 0 Å². The molecule has 1 aromatic heterocycles. The SMILES string of the molecule is Cl.Fc1cnccc1C1CCNCC1. The van der Waals surface area contributed by atoms with Gasteiger partial charge >= 0.3 is 0 Å². The van der Waals surface area contributed by atoms with Crippen molar-refractivity contribution < 1.29 is 4.39 Å². The third-order valence-electron chi connectivity index (χ3n) is 2.58. The van der Waals surface area contributed by atoms with E-state index < -0.39 is 0 Å². The Morgan fingerprint density at radius 2 is 2.07 bits per heavy atom. The van der Waals surface area contributed by atoms with E-state index in [1.54, 1.807) is 12.3 Å². The molecule has 2 rings (SSSR count). The number of hydrogen-bond acceptors (Lipinski definition) is 2. The van der Waals surface area contributed by atoms with Crippen molar-refractivity contribution in [1.29, 1.82) is 0 Å². The normalized spacial score (nSPS) is 17.5. The molecule has 1 aliphatic heterocycles. The van der Waals surface area contributed by atoms with E-state index in [9.17, 15) is 4.39 Å². The predicted octanol–water partition coefficient (Wildman–Crippen LogP) is 2.11. The second-order valence-electron chi connectivity index (χ2n) is 3.42. The van der Waals surface area contributed by atoms with Crippen LogP contribution in [0.3, 0.4) is 0 Å². The van der Waals surface area contributed by atoms with E-state index in [1.807, 2.05) is 0 Å². The molecule has 2 nitrogen and oxygen atoms in total. The molecule has 0 amide bonds. The van der Waals surface area contributed by atoms with Gasteiger partial charge in [0.25, 0.3) is 0 Å². The molecule has 78 valence electrons. The molecule has 0 spiro atoms. The number of piperidine rings is 1. The lowest BCUT2D eigenvalue weighted by molar-refractivity contribution is 0.444. The molecule has 1 saturated heterocycles. The first-order valence-electron chi connectivity index (χ1n) is 4.68. The van der Waals surface area contributed by atoms with Crippen molar-refractivity contribution >= 4 is 12.4 Å². The van der Waals surface area contributed by atoms with Gasteiger partial charge in [0.2, 0.25) is 0 Å². The molecule has 0 aromatic carbocycles. The quantitative estimate of drug-likeness (QED) is 0.778. The van der Waals surface area contributed by atoms with Crippen molar-refractivity contribution in [2.45, 2.75) is 18.8 Å². The van der Waals surface area contributed by atoms with Gasteiger partial charge in [-0.25, -0.2) is 4.39 Å². The second-order valence-corrected chi connectivity index (χ2v) is 3.42. The third-order valence-corrected chi connectivity index (χ3v) is 2.58. The Morgan fingerprint density at radius 3 is 2.71 bits per heavy atom. The molecule has 0 bridgehead atoms. The summed E-state index contributed by atoms with van der Waals surface area (Å²) in [6.07, 6.45) is 5.03. The van der Waals surface area contributed by atoms with Crippen LogP contribution in [0.5, 0.6) is 0 Å². The Bertz CT molecular complexity index is 287. The van der Waals surface area contributed by atoms with Crippen molar-refractivity contribution in [3.8, 4) is 0 Å². The van der Waals surface area contributed by atoms with E-state index in [1.165, 1.54) is 6.20 Å². The smallest absolute Gasteiger partial charge is 0.144 e. The Morgan fingerprint density at radius 1 is 1.36 bits per heavy atom. The molecule has 1 aliphatic rings. The standard InChI is InChI=1S/C10H13FN2.ClH/c11-10-7-13-6-3-9(10)8-1-4-12-5-2-8;/h3,6-8,12H,1-2,4-5H2;1H. The van der Waals surface area contributed by atoms with E-state index in [0.29, 0.717) is 5.92 Å². The van der Waals surface area contributed by atoms with Gasteiger partial charge < -0.3 is 5.32 Å². The summed E-state index contributed by atoms with van der Waals surface area (Å²) in [7, 11) is 0. The predicted molar refractivity (Wildman–Crippen MR) is 56.3 cm³/mol. The van der Waals surface area contributed by atoms with Crippen LogP contribution >= 0.6 is 12.4 Å². The van der Waals surface area contributed by atoms with Crippen LogP contribution in [-0.4, -0.2) is 18.1 Å². The zero-order valence-electron chi connectivity index (χ0n) is 7.87. The molecule has 0 atom stereocenters. The van der Waals surface area contributed by atoms with Gasteiger partial charge in [0.1, 0.15) is 5.82 Å². The Labute approximate surface area is 89.3 Å². The molecule has 0 unspecified atom stereocenters. The molecule has 2 heterocycles. The maximum Gasteiger partial charge on any atom is 0.144 e. The van der Waals surface area contributed by atoms with Crippen LogP contribution in [0, 0.1) is 5.82 Å². The molecule has 0 saturated carbocycles. The summed E-state index contributed by atoms with van der Waals surface area (Å²) < 4.78 is 13.3. The summed E-state index contributed by atoms with van der Waals surface area (Å²) in [6, 6.07) is 1.80. The third kappa shape index (κ3) is 2.42. The van der Waals surface area contributed by atoms with Crippen molar-refractivity contribution in [3.63, 3.8) is 0 Å². The first kappa shape index (κ1) is 11.4. The van der Waals surface area contributed by atoms with Crippen LogP contribution in [-0.2, 0) is 0 Å². The molecule has 0 radical (unpaired) electrons. The van der Waals surface area contributed by atoms with Gasteiger partial charge in [-0.2, -0.15) is 0 Å². The maximum atomic E-state index is 13.3. The van der Waals surface area contributed by atoms with Gasteiger partial charge in [-0.05, 0) is 43.5 Å². The van der Waals surface area contributed by atoms with E-state index >= 15 is 0 Å². The molecule has 1 fully saturated rings. The average molecular weight is 217 g/mol. The number of aromatic nitrogens is 1. The zero-order chi connectivity index (χ0) is 9.10. The zero-order valence-corrected chi connectivity index (χ0v) is 8.69. The van der Waals surface area contributed by atoms with Gasteiger partial charge in [-0.15, -0.1) is 12.4 Å². The molecule has 14 heavy (non-hydrogen) atoms. The first-order valence-corrected chi connectivity index (χ1v) is 4.68. The largest absolute Gasteiger partial charge is 0.317 e. The summed E-state index contributed by atoms with van der Waals surface area (Å²) in [5.41, 5.74) is 0.830. The highest BCUT2D eigenvalue weighted by Crippen LogP contribution is 2.26. The molecule has 1 N–H and O–H groups in total. The number of hydrogen-bond donors (Lipinski definition) is 1. The Kier molecular flexibility index (Phi) is 4.29. The van der Waals surface area contributed by atoms with Gasteiger partial charge in [0.05, 0.1) is 6.20 Å². The number of rotatable bonds is 1. The fourth-order valence-corrected chi connectivity index (χ4v) is 1.85. The van der Waals surface area contributed by atoms with Gasteiger partial charge in [-0.3, -0.25) is 4.98 Å². The first-order chi connectivity index (χ1) is 6.38. The lowest BCUT2D eigenvalue weighted by Gasteiger charge is -2.22. The fourth-order valence-electron chi connectivity index (χ4n) is 1.85. The number of pyridine rings is 1. The maximum absolute atomic E-state index is 13.3. The van der Waals surface area contributed by atoms with E-state index in [4.69, 9.17) is 0 Å². The summed E-state index contributed by atoms with van der Waals surface area (Å²) in [5, 5.41) is 3.27. The van der Waals surface area contributed by atoms with Crippen LogP contribution in [0.1, 0.15) is 24.3 Å². The van der Waals surface area contributed by atoms with E-state index in [-0.39, 0.29) is 18.2 Å². The number of nitrogens with one attached hydrogen (secondary N) is 1. The minimum atomic E-state index is -0.158. The topological polar surface area (TPSA) is 24.9 Å². The summed E-state index contributed by atoms with van der Waals surface area (Å²) in [6.45, 7) is 1.98. The summed E-state index contributed by atoms with van der Waals surface area (Å²) >= 11 is 0. The van der Waals surface area contributed by atoms with Crippen molar-refractivity contribution in [3.05, 3.63) is 29.8 Å². The van der Waals surface area contributed by atoms with Gasteiger partial charge in [-0.1, -0.05) is 0 Å². The highest BCUT2D eigenvalue weighted by atomic mass is 35.5.